The van der Waals surface area contributed by atoms with Crippen molar-refractivity contribution in [2.24, 2.45) is 0 Å². The summed E-state index contributed by atoms with van der Waals surface area (Å²) in [6.45, 7) is 3.50. The molecule has 0 aliphatic carbocycles. The monoisotopic (exact) mass is 263 g/mol. The van der Waals surface area contributed by atoms with Crippen LogP contribution in [0.2, 0.25) is 0 Å². The maximum atomic E-state index is 5.08. The topological polar surface area (TPSA) is 38.2 Å². The zero-order chi connectivity index (χ0) is 13.0. The van der Waals surface area contributed by atoms with E-state index < -0.39 is 0 Å². The van der Waals surface area contributed by atoms with Crippen LogP contribution in [0.3, 0.4) is 0 Å². The highest BCUT2D eigenvalue weighted by Gasteiger charge is 2.06. The molecule has 0 amide bonds. The van der Waals surface area contributed by atoms with Gasteiger partial charge in [-0.1, -0.05) is 0 Å². The Morgan fingerprint density at radius 2 is 2.17 bits per heavy atom. The van der Waals surface area contributed by atoms with Crippen LogP contribution < -0.4 is 4.90 Å². The second kappa shape index (κ2) is 5.93. The number of aromatic nitrogens is 2. The fourth-order valence-electron chi connectivity index (χ4n) is 1.71. The van der Waals surface area contributed by atoms with Crippen molar-refractivity contribution >= 4 is 17.2 Å². The summed E-state index contributed by atoms with van der Waals surface area (Å²) in [4.78, 5) is 13.2. The van der Waals surface area contributed by atoms with Gasteiger partial charge in [0.15, 0.2) is 0 Å². The summed E-state index contributed by atoms with van der Waals surface area (Å²) in [5.74, 6) is 0.920. The van der Waals surface area contributed by atoms with Gasteiger partial charge < -0.3 is 9.64 Å². The number of rotatable bonds is 5. The summed E-state index contributed by atoms with van der Waals surface area (Å²) in [7, 11) is 3.70. The van der Waals surface area contributed by atoms with Gasteiger partial charge in [-0.15, -0.1) is 11.3 Å². The standard InChI is InChI=1S/C13H17N3OS/c1-10-4-5-12(18-10)7-16(2)13-6-11(8-17-3)14-9-15-13/h4-6,9H,7-8H2,1-3H3. The molecule has 0 aromatic carbocycles. The average molecular weight is 263 g/mol. The fourth-order valence-corrected chi connectivity index (χ4v) is 2.65. The zero-order valence-corrected chi connectivity index (χ0v) is 11.7. The lowest BCUT2D eigenvalue weighted by molar-refractivity contribution is 0.181. The second-order valence-corrected chi connectivity index (χ2v) is 5.54. The third-order valence-corrected chi connectivity index (χ3v) is 3.57. The van der Waals surface area contributed by atoms with E-state index in [1.54, 1.807) is 13.4 Å². The van der Waals surface area contributed by atoms with Crippen LogP contribution in [0.1, 0.15) is 15.4 Å². The molecule has 5 heteroatoms. The molecular weight excluding hydrogens is 246 g/mol. The minimum Gasteiger partial charge on any atom is -0.378 e. The summed E-state index contributed by atoms with van der Waals surface area (Å²) < 4.78 is 5.08. The van der Waals surface area contributed by atoms with E-state index in [0.717, 1.165) is 18.1 Å². The summed E-state index contributed by atoms with van der Waals surface area (Å²) in [5.41, 5.74) is 0.900. The third kappa shape index (κ3) is 3.27. The zero-order valence-electron chi connectivity index (χ0n) is 10.9. The molecule has 0 N–H and O–H groups in total. The van der Waals surface area contributed by atoms with Gasteiger partial charge in [-0.05, 0) is 19.1 Å². The minimum atomic E-state index is 0.515. The van der Waals surface area contributed by atoms with Gasteiger partial charge in [0.2, 0.25) is 0 Å². The van der Waals surface area contributed by atoms with Crippen molar-refractivity contribution < 1.29 is 4.74 Å². The molecule has 4 nitrogen and oxygen atoms in total. The largest absolute Gasteiger partial charge is 0.378 e. The molecule has 2 heterocycles. The van der Waals surface area contributed by atoms with E-state index >= 15 is 0 Å². The molecule has 0 unspecified atom stereocenters. The van der Waals surface area contributed by atoms with Gasteiger partial charge in [0.05, 0.1) is 18.8 Å². The molecule has 96 valence electrons. The van der Waals surface area contributed by atoms with Gasteiger partial charge in [-0.2, -0.15) is 0 Å². The average Bonchev–Trinajstić information content (AvgIpc) is 2.75. The molecule has 0 radical (unpaired) electrons. The summed E-state index contributed by atoms with van der Waals surface area (Å²) in [6.07, 6.45) is 1.58. The number of ether oxygens (including phenoxy) is 1. The van der Waals surface area contributed by atoms with Gasteiger partial charge in [0.25, 0.3) is 0 Å². The molecule has 0 aliphatic rings. The van der Waals surface area contributed by atoms with Crippen molar-refractivity contribution in [3.8, 4) is 0 Å². The maximum absolute atomic E-state index is 5.08. The number of aryl methyl sites for hydroxylation is 1. The molecule has 18 heavy (non-hydrogen) atoms. The van der Waals surface area contributed by atoms with Crippen LogP contribution in [-0.2, 0) is 17.9 Å². The van der Waals surface area contributed by atoms with Crippen LogP contribution in [0.15, 0.2) is 24.5 Å². The Balaban J connectivity index is 2.08. The molecule has 0 bridgehead atoms. The van der Waals surface area contributed by atoms with Crippen molar-refractivity contribution in [1.82, 2.24) is 9.97 Å². The molecule has 2 rings (SSSR count). The highest BCUT2D eigenvalue weighted by atomic mass is 32.1. The highest BCUT2D eigenvalue weighted by molar-refractivity contribution is 7.11. The number of hydrogen-bond donors (Lipinski definition) is 0. The predicted molar refractivity (Wildman–Crippen MR) is 73.9 cm³/mol. The first-order chi connectivity index (χ1) is 8.69. The quantitative estimate of drug-likeness (QED) is 0.831. The van der Waals surface area contributed by atoms with Crippen LogP contribution in [0, 0.1) is 6.92 Å². The molecule has 2 aromatic heterocycles. The third-order valence-electron chi connectivity index (χ3n) is 2.58. The van der Waals surface area contributed by atoms with Crippen LogP contribution in [0.4, 0.5) is 5.82 Å². The van der Waals surface area contributed by atoms with Crippen LogP contribution >= 0.6 is 11.3 Å². The van der Waals surface area contributed by atoms with Crippen molar-refractivity contribution in [3.05, 3.63) is 40.0 Å². The molecule has 0 atom stereocenters. The molecule has 0 aliphatic heterocycles. The van der Waals surface area contributed by atoms with Crippen molar-refractivity contribution in [2.75, 3.05) is 19.1 Å². The highest BCUT2D eigenvalue weighted by Crippen LogP contribution is 2.19. The summed E-state index contributed by atoms with van der Waals surface area (Å²) in [5, 5.41) is 0. The van der Waals surface area contributed by atoms with E-state index in [4.69, 9.17) is 4.74 Å². The number of methoxy groups -OCH3 is 1. The van der Waals surface area contributed by atoms with Gasteiger partial charge in [0.1, 0.15) is 12.1 Å². The van der Waals surface area contributed by atoms with E-state index in [1.165, 1.54) is 9.75 Å². The smallest absolute Gasteiger partial charge is 0.132 e. The van der Waals surface area contributed by atoms with E-state index in [1.807, 2.05) is 24.5 Å². The van der Waals surface area contributed by atoms with Gasteiger partial charge in [0, 0.05) is 30.0 Å². The Morgan fingerprint density at radius 1 is 1.33 bits per heavy atom. The molecule has 0 saturated heterocycles. The van der Waals surface area contributed by atoms with Gasteiger partial charge in [-0.25, -0.2) is 9.97 Å². The number of nitrogens with zero attached hydrogens (tertiary/aromatic N) is 3. The first-order valence-electron chi connectivity index (χ1n) is 5.75. The SMILES string of the molecule is COCc1cc(N(C)Cc2ccc(C)s2)ncn1. The Kier molecular flexibility index (Phi) is 4.28. The Morgan fingerprint density at radius 3 is 2.83 bits per heavy atom. The maximum Gasteiger partial charge on any atom is 0.132 e. The van der Waals surface area contributed by atoms with Gasteiger partial charge >= 0.3 is 0 Å². The molecule has 0 fully saturated rings. The van der Waals surface area contributed by atoms with Crippen molar-refractivity contribution in [2.45, 2.75) is 20.1 Å². The first kappa shape index (κ1) is 13.0. The molecule has 0 saturated carbocycles. The van der Waals surface area contributed by atoms with Crippen LogP contribution in [0.5, 0.6) is 0 Å². The van der Waals surface area contributed by atoms with Crippen molar-refractivity contribution in [3.63, 3.8) is 0 Å². The molecule has 0 spiro atoms. The van der Waals surface area contributed by atoms with Gasteiger partial charge in [-0.3, -0.25) is 0 Å². The second-order valence-electron chi connectivity index (χ2n) is 4.17. The lowest BCUT2D eigenvalue weighted by atomic mass is 10.3. The fraction of sp³-hybridized carbons (Fsp3) is 0.385. The summed E-state index contributed by atoms with van der Waals surface area (Å²) in [6, 6.07) is 6.27. The Labute approximate surface area is 111 Å². The summed E-state index contributed by atoms with van der Waals surface area (Å²) >= 11 is 1.82. The van der Waals surface area contributed by atoms with E-state index in [0.29, 0.717) is 6.61 Å². The van der Waals surface area contributed by atoms with Crippen molar-refractivity contribution in [1.29, 1.82) is 0 Å². The normalized spacial score (nSPS) is 10.6. The molecule has 2 aromatic rings. The number of anilines is 1. The van der Waals surface area contributed by atoms with E-state index in [9.17, 15) is 0 Å². The lowest BCUT2D eigenvalue weighted by Crippen LogP contribution is -2.17. The lowest BCUT2D eigenvalue weighted by Gasteiger charge is -2.17. The predicted octanol–water partition coefficient (Wildman–Crippen LogP) is 2.63. The Bertz CT molecular complexity index is 512. The van der Waals surface area contributed by atoms with E-state index in [-0.39, 0.29) is 0 Å². The Hall–Kier alpha value is -1.46. The first-order valence-corrected chi connectivity index (χ1v) is 6.57. The number of hydrogen-bond acceptors (Lipinski definition) is 5. The van der Waals surface area contributed by atoms with E-state index in [2.05, 4.69) is 33.9 Å². The minimum absolute atomic E-state index is 0.515. The number of thiophene rings is 1. The van der Waals surface area contributed by atoms with Crippen LogP contribution in [0.25, 0.3) is 0 Å². The van der Waals surface area contributed by atoms with Crippen LogP contribution in [-0.4, -0.2) is 24.1 Å². The molecular formula is C13H17N3OS.